The summed E-state index contributed by atoms with van der Waals surface area (Å²) in [5, 5.41) is 3.83. The molecule has 0 spiro atoms. The van der Waals surface area contributed by atoms with Crippen LogP contribution in [0.4, 0.5) is 5.69 Å². The lowest BCUT2D eigenvalue weighted by Crippen LogP contribution is -1.90. The summed E-state index contributed by atoms with van der Waals surface area (Å²) < 4.78 is 1.30. The third-order valence-corrected chi connectivity index (χ3v) is 9.77. The molecule has 7 aromatic carbocycles. The van der Waals surface area contributed by atoms with E-state index in [2.05, 4.69) is 144 Å². The summed E-state index contributed by atoms with van der Waals surface area (Å²) in [6.07, 6.45) is 0. The number of hydrogen-bond donors (Lipinski definition) is 0. The zero-order valence-corrected chi connectivity index (χ0v) is 25.3. The van der Waals surface area contributed by atoms with Crippen molar-refractivity contribution in [2.45, 2.75) is 0 Å². The predicted octanol–water partition coefficient (Wildman–Crippen LogP) is 12.9. The second-order valence-electron chi connectivity index (χ2n) is 11.1. The molecule has 1 aromatic heterocycles. The van der Waals surface area contributed by atoms with Gasteiger partial charge in [-0.1, -0.05) is 164 Å². The normalized spacial score (nSPS) is 11.1. The van der Waals surface area contributed by atoms with Crippen LogP contribution in [0.1, 0.15) is 0 Å². The first-order valence-electron chi connectivity index (χ1n) is 15.1. The van der Waals surface area contributed by atoms with Crippen LogP contribution in [0.5, 0.6) is 0 Å². The minimum atomic E-state index is 0.657. The molecule has 0 amide bonds. The van der Waals surface area contributed by atoms with E-state index in [0.29, 0.717) is 5.69 Å². The lowest BCUT2D eigenvalue weighted by atomic mass is 9.86. The Morgan fingerprint density at radius 2 is 0.822 bits per heavy atom. The number of benzene rings is 7. The highest BCUT2D eigenvalue weighted by Gasteiger charge is 2.24. The molecule has 8 aromatic rings. The van der Waals surface area contributed by atoms with Crippen molar-refractivity contribution < 1.29 is 0 Å². The topological polar surface area (TPSA) is 4.36 Å². The van der Waals surface area contributed by atoms with Crippen molar-refractivity contribution in [3.63, 3.8) is 0 Å². The van der Waals surface area contributed by atoms with Gasteiger partial charge in [-0.2, -0.15) is 0 Å². The summed E-state index contributed by atoms with van der Waals surface area (Å²) >= 11 is 1.89. The average molecular weight is 590 g/mol. The third kappa shape index (κ3) is 4.71. The molecule has 2 heteroatoms. The predicted molar refractivity (Wildman–Crippen MR) is 193 cm³/mol. The Kier molecular flexibility index (Phi) is 6.80. The van der Waals surface area contributed by atoms with Crippen molar-refractivity contribution in [1.82, 2.24) is 0 Å². The number of rotatable bonds is 5. The number of fused-ring (bicyclic) bond motifs is 3. The molecule has 0 radical (unpaired) electrons. The quantitative estimate of drug-likeness (QED) is 0.176. The van der Waals surface area contributed by atoms with Gasteiger partial charge in [-0.25, -0.2) is 4.85 Å². The number of hydrogen-bond acceptors (Lipinski definition) is 1. The number of nitrogens with zero attached hydrogens (tertiary/aromatic N) is 1. The van der Waals surface area contributed by atoms with E-state index in [4.69, 9.17) is 6.57 Å². The van der Waals surface area contributed by atoms with Gasteiger partial charge in [-0.05, 0) is 49.7 Å². The minimum Gasteiger partial charge on any atom is -0.238 e. The molecule has 0 fully saturated rings. The van der Waals surface area contributed by atoms with Crippen LogP contribution < -0.4 is 0 Å². The molecule has 0 saturated carbocycles. The van der Waals surface area contributed by atoms with Crippen LogP contribution in [0, 0.1) is 6.57 Å². The molecule has 210 valence electrons. The van der Waals surface area contributed by atoms with E-state index in [1.165, 1.54) is 64.7 Å². The fourth-order valence-electron chi connectivity index (χ4n) is 6.44. The second-order valence-corrected chi connectivity index (χ2v) is 12.2. The lowest BCUT2D eigenvalue weighted by molar-refractivity contribution is 1.62. The van der Waals surface area contributed by atoms with Gasteiger partial charge in [-0.15, -0.1) is 11.3 Å². The van der Waals surface area contributed by atoms with Crippen molar-refractivity contribution >= 4 is 37.9 Å². The highest BCUT2D eigenvalue weighted by atomic mass is 32.1. The first-order chi connectivity index (χ1) is 22.3. The first kappa shape index (κ1) is 26.8. The SMILES string of the molecule is [C-]#[N+]c1ccc(-c2ccc(-c3sc4c(-c5ccccc5)c(-c5ccccc5)c5ccccc5c4c3-c3ccccc3)cc2)cc1. The van der Waals surface area contributed by atoms with Gasteiger partial charge in [0.1, 0.15) is 0 Å². The zero-order valence-electron chi connectivity index (χ0n) is 24.4. The molecule has 0 bridgehead atoms. The second kappa shape index (κ2) is 11.4. The molecular formula is C43H27NS. The smallest absolute Gasteiger partial charge is 0.187 e. The Morgan fingerprint density at radius 1 is 0.378 bits per heavy atom. The molecule has 45 heavy (non-hydrogen) atoms. The third-order valence-electron chi connectivity index (χ3n) is 8.52. The largest absolute Gasteiger partial charge is 0.238 e. The summed E-state index contributed by atoms with van der Waals surface area (Å²) in [4.78, 5) is 4.81. The summed E-state index contributed by atoms with van der Waals surface area (Å²) in [5.41, 5.74) is 11.6. The Balaban J connectivity index is 1.47. The fraction of sp³-hybridized carbons (Fsp3) is 0. The standard InChI is InChI=1S/C43H27NS/c1-44-35-27-25-30(26-28-35)29-21-23-34(24-22-29)42-40(33-17-9-4-10-18-33)41-37-20-12-11-19-36(37)38(31-13-5-2-6-14-31)39(43(41)45-42)32-15-7-3-8-16-32/h2-28H. The van der Waals surface area contributed by atoms with Gasteiger partial charge in [0.2, 0.25) is 0 Å². The van der Waals surface area contributed by atoms with Gasteiger partial charge in [0.15, 0.2) is 5.69 Å². The van der Waals surface area contributed by atoms with Crippen LogP contribution in [0.25, 0.3) is 80.7 Å². The molecule has 1 heterocycles. The monoisotopic (exact) mass is 589 g/mol. The van der Waals surface area contributed by atoms with Gasteiger partial charge in [0.25, 0.3) is 0 Å². The maximum Gasteiger partial charge on any atom is 0.187 e. The van der Waals surface area contributed by atoms with Gasteiger partial charge in [0, 0.05) is 26.1 Å². The Hall–Kier alpha value is -5.75. The van der Waals surface area contributed by atoms with Crippen LogP contribution in [0.15, 0.2) is 164 Å². The molecule has 0 aliphatic rings. The zero-order chi connectivity index (χ0) is 30.2. The van der Waals surface area contributed by atoms with Crippen molar-refractivity contribution in [3.05, 3.63) is 175 Å². The Bertz CT molecular complexity index is 2330. The summed E-state index contributed by atoms with van der Waals surface area (Å²) in [6.45, 7) is 7.29. The van der Waals surface area contributed by atoms with Gasteiger partial charge < -0.3 is 0 Å². The van der Waals surface area contributed by atoms with Crippen molar-refractivity contribution in [3.8, 4) is 54.9 Å². The maximum atomic E-state index is 7.29. The van der Waals surface area contributed by atoms with Crippen molar-refractivity contribution in [2.24, 2.45) is 0 Å². The molecule has 0 aliphatic heterocycles. The summed E-state index contributed by atoms with van der Waals surface area (Å²) in [6, 6.07) is 58.1. The lowest BCUT2D eigenvalue weighted by Gasteiger charge is -2.17. The van der Waals surface area contributed by atoms with E-state index in [-0.39, 0.29) is 0 Å². The van der Waals surface area contributed by atoms with Crippen molar-refractivity contribution in [1.29, 1.82) is 0 Å². The Morgan fingerprint density at radius 3 is 1.38 bits per heavy atom. The minimum absolute atomic E-state index is 0.657. The van der Waals surface area contributed by atoms with E-state index in [1.807, 2.05) is 35.6 Å². The van der Waals surface area contributed by atoms with Gasteiger partial charge in [0.05, 0.1) is 6.57 Å². The van der Waals surface area contributed by atoms with E-state index in [9.17, 15) is 0 Å². The molecule has 0 unspecified atom stereocenters. The molecular weight excluding hydrogens is 563 g/mol. The highest BCUT2D eigenvalue weighted by Crippen LogP contribution is 2.54. The molecule has 0 N–H and O–H groups in total. The molecule has 0 atom stereocenters. The molecule has 0 saturated heterocycles. The van der Waals surface area contributed by atoms with Crippen LogP contribution in [-0.2, 0) is 0 Å². The van der Waals surface area contributed by atoms with Crippen LogP contribution in [0.2, 0.25) is 0 Å². The summed E-state index contributed by atoms with van der Waals surface area (Å²) in [5.74, 6) is 0. The van der Waals surface area contributed by atoms with E-state index in [0.717, 1.165) is 11.1 Å². The fourth-order valence-corrected chi connectivity index (χ4v) is 7.86. The average Bonchev–Trinajstić information content (AvgIpc) is 3.53. The van der Waals surface area contributed by atoms with Gasteiger partial charge >= 0.3 is 0 Å². The van der Waals surface area contributed by atoms with Crippen LogP contribution in [-0.4, -0.2) is 0 Å². The molecule has 1 nitrogen and oxygen atoms in total. The highest BCUT2D eigenvalue weighted by molar-refractivity contribution is 7.24. The maximum absolute atomic E-state index is 7.29. The first-order valence-corrected chi connectivity index (χ1v) is 15.9. The van der Waals surface area contributed by atoms with Gasteiger partial charge in [-0.3, -0.25) is 0 Å². The van der Waals surface area contributed by atoms with E-state index in [1.54, 1.807) is 0 Å². The van der Waals surface area contributed by atoms with Crippen molar-refractivity contribution in [2.75, 3.05) is 0 Å². The van der Waals surface area contributed by atoms with Crippen LogP contribution >= 0.6 is 11.3 Å². The number of thiophene rings is 1. The van der Waals surface area contributed by atoms with E-state index < -0.39 is 0 Å². The van der Waals surface area contributed by atoms with Crippen LogP contribution in [0.3, 0.4) is 0 Å². The molecule has 8 rings (SSSR count). The Labute approximate surface area is 267 Å². The summed E-state index contributed by atoms with van der Waals surface area (Å²) in [7, 11) is 0. The molecule has 0 aliphatic carbocycles. The van der Waals surface area contributed by atoms with E-state index >= 15 is 0 Å².